The van der Waals surface area contributed by atoms with E-state index in [0.717, 1.165) is 21.3 Å². The Morgan fingerprint density at radius 3 is 2.88 bits per heavy atom. The zero-order valence-corrected chi connectivity index (χ0v) is 19.1. The number of halogens is 1. The van der Waals surface area contributed by atoms with Gasteiger partial charge in [0, 0.05) is 42.2 Å². The standard InChI is InChI=1S/C23H23ClN4O3S/c1-2-20-23(30)27(11-12-28(20)22(29)8-5-16-4-7-21(24)32-16)14-15-3-6-17-18(26-31)9-10-25-19(17)13-15/h3-10,13,20,31H,2,11-12,14H2,1H3,(H,25,26)/t20-/m0/s1. The number of pyridine rings is 1. The van der Waals surface area contributed by atoms with Crippen molar-refractivity contribution >= 4 is 57.4 Å². The van der Waals surface area contributed by atoms with Gasteiger partial charge in [0.15, 0.2) is 0 Å². The highest BCUT2D eigenvalue weighted by atomic mass is 35.5. The number of hydrogen-bond donors (Lipinski definition) is 2. The van der Waals surface area contributed by atoms with Crippen LogP contribution in [0.4, 0.5) is 5.69 Å². The van der Waals surface area contributed by atoms with Crippen LogP contribution < -0.4 is 5.48 Å². The van der Waals surface area contributed by atoms with E-state index in [9.17, 15) is 14.8 Å². The number of benzene rings is 1. The molecule has 0 spiro atoms. The van der Waals surface area contributed by atoms with Crippen molar-refractivity contribution in [2.75, 3.05) is 18.6 Å². The van der Waals surface area contributed by atoms with E-state index in [2.05, 4.69) is 10.5 Å². The molecule has 0 saturated carbocycles. The molecule has 0 unspecified atom stereocenters. The molecule has 2 N–H and O–H groups in total. The topological polar surface area (TPSA) is 85.8 Å². The van der Waals surface area contributed by atoms with E-state index in [1.165, 1.54) is 17.4 Å². The quantitative estimate of drug-likeness (QED) is 0.411. The summed E-state index contributed by atoms with van der Waals surface area (Å²) >= 11 is 7.34. The van der Waals surface area contributed by atoms with Gasteiger partial charge in [-0.1, -0.05) is 30.7 Å². The number of carbonyl (C=O) groups is 2. The van der Waals surface area contributed by atoms with E-state index >= 15 is 0 Å². The maximum absolute atomic E-state index is 13.2. The van der Waals surface area contributed by atoms with E-state index < -0.39 is 6.04 Å². The highest BCUT2D eigenvalue weighted by Crippen LogP contribution is 2.25. The number of nitrogens with zero attached hydrogens (tertiary/aromatic N) is 3. The predicted octanol–water partition coefficient (Wildman–Crippen LogP) is 4.41. The minimum atomic E-state index is -0.489. The molecule has 3 heterocycles. The second-order valence-electron chi connectivity index (χ2n) is 7.51. The fourth-order valence-corrected chi connectivity index (χ4v) is 4.89. The summed E-state index contributed by atoms with van der Waals surface area (Å²) in [6.07, 6.45) is 5.41. The first kappa shape index (κ1) is 22.3. The number of rotatable bonds is 6. The molecule has 9 heteroatoms. The number of aromatic nitrogens is 1. The summed E-state index contributed by atoms with van der Waals surface area (Å²) in [6, 6.07) is 10.6. The fraction of sp³-hybridized carbons (Fsp3) is 0.261. The summed E-state index contributed by atoms with van der Waals surface area (Å²) < 4.78 is 0.667. The monoisotopic (exact) mass is 470 g/mol. The Balaban J connectivity index is 1.46. The van der Waals surface area contributed by atoms with Gasteiger partial charge >= 0.3 is 0 Å². The average molecular weight is 471 g/mol. The van der Waals surface area contributed by atoms with E-state index in [4.69, 9.17) is 11.6 Å². The van der Waals surface area contributed by atoms with Gasteiger partial charge in [0.25, 0.3) is 0 Å². The van der Waals surface area contributed by atoms with Crippen LogP contribution in [0.1, 0.15) is 23.8 Å². The van der Waals surface area contributed by atoms with Gasteiger partial charge < -0.3 is 9.80 Å². The largest absolute Gasteiger partial charge is 0.335 e. The fourth-order valence-electron chi connectivity index (χ4n) is 3.93. The molecule has 1 atom stereocenters. The maximum Gasteiger partial charge on any atom is 0.247 e. The summed E-state index contributed by atoms with van der Waals surface area (Å²) in [7, 11) is 0. The lowest BCUT2D eigenvalue weighted by Crippen LogP contribution is -2.57. The molecule has 2 amide bonds. The molecule has 1 aliphatic rings. The third kappa shape index (κ3) is 4.62. The predicted molar refractivity (Wildman–Crippen MR) is 127 cm³/mol. The van der Waals surface area contributed by atoms with E-state index in [1.807, 2.05) is 31.2 Å². The highest BCUT2D eigenvalue weighted by Gasteiger charge is 2.35. The average Bonchev–Trinajstić information content (AvgIpc) is 3.23. The van der Waals surface area contributed by atoms with Gasteiger partial charge in [-0.25, -0.2) is 0 Å². The van der Waals surface area contributed by atoms with Crippen LogP contribution in [0.3, 0.4) is 0 Å². The highest BCUT2D eigenvalue weighted by molar-refractivity contribution is 7.17. The molecule has 3 aromatic rings. The Morgan fingerprint density at radius 1 is 1.31 bits per heavy atom. The molecule has 166 valence electrons. The Bertz CT molecular complexity index is 1180. The van der Waals surface area contributed by atoms with Crippen molar-refractivity contribution in [1.82, 2.24) is 14.8 Å². The molecule has 4 rings (SSSR count). The van der Waals surface area contributed by atoms with Crippen LogP contribution in [0.15, 0.2) is 48.7 Å². The molecule has 1 fully saturated rings. The van der Waals surface area contributed by atoms with Gasteiger partial charge in [0.1, 0.15) is 6.04 Å². The van der Waals surface area contributed by atoms with Crippen molar-refractivity contribution in [3.63, 3.8) is 0 Å². The summed E-state index contributed by atoms with van der Waals surface area (Å²) in [5.41, 5.74) is 4.43. The zero-order chi connectivity index (χ0) is 22.7. The molecule has 7 nitrogen and oxygen atoms in total. The third-order valence-corrected chi connectivity index (χ3v) is 6.74. The molecular formula is C23H23ClN4O3S. The molecule has 1 saturated heterocycles. The van der Waals surface area contributed by atoms with Crippen molar-refractivity contribution in [1.29, 1.82) is 0 Å². The molecule has 0 aliphatic carbocycles. The number of anilines is 1. The Labute approximate surface area is 194 Å². The molecule has 1 aliphatic heterocycles. The number of fused-ring (bicyclic) bond motifs is 1. The van der Waals surface area contributed by atoms with Crippen LogP contribution in [0.2, 0.25) is 4.34 Å². The number of hydrogen-bond acceptors (Lipinski definition) is 6. The summed E-state index contributed by atoms with van der Waals surface area (Å²) in [5.74, 6) is -0.230. The molecule has 0 bridgehead atoms. The van der Waals surface area contributed by atoms with E-state index in [1.54, 1.807) is 34.2 Å². The number of thiophene rings is 1. The van der Waals surface area contributed by atoms with Gasteiger partial charge in [-0.3, -0.25) is 25.3 Å². The lowest BCUT2D eigenvalue weighted by molar-refractivity contribution is -0.149. The lowest BCUT2D eigenvalue weighted by Gasteiger charge is -2.40. The van der Waals surface area contributed by atoms with Crippen molar-refractivity contribution < 1.29 is 14.8 Å². The third-order valence-electron chi connectivity index (χ3n) is 5.54. The number of amides is 2. The smallest absolute Gasteiger partial charge is 0.247 e. The molecule has 1 aromatic carbocycles. The second-order valence-corrected chi connectivity index (χ2v) is 9.26. The number of nitrogens with one attached hydrogen (secondary N) is 1. The Kier molecular flexibility index (Phi) is 6.74. The molecule has 32 heavy (non-hydrogen) atoms. The van der Waals surface area contributed by atoms with Gasteiger partial charge in [0.05, 0.1) is 15.5 Å². The van der Waals surface area contributed by atoms with E-state index in [-0.39, 0.29) is 11.8 Å². The Morgan fingerprint density at radius 2 is 2.16 bits per heavy atom. The van der Waals surface area contributed by atoms with Gasteiger partial charge in [-0.2, -0.15) is 0 Å². The van der Waals surface area contributed by atoms with Gasteiger partial charge in [0.2, 0.25) is 11.8 Å². The Hall–Kier alpha value is -2.94. The second kappa shape index (κ2) is 9.68. The maximum atomic E-state index is 13.2. The molecular weight excluding hydrogens is 448 g/mol. The van der Waals surface area contributed by atoms with Crippen LogP contribution in [-0.4, -0.2) is 50.9 Å². The zero-order valence-electron chi connectivity index (χ0n) is 17.5. The lowest BCUT2D eigenvalue weighted by atomic mass is 10.1. The summed E-state index contributed by atoms with van der Waals surface area (Å²) in [6.45, 7) is 3.29. The van der Waals surface area contributed by atoms with Crippen LogP contribution >= 0.6 is 22.9 Å². The van der Waals surface area contributed by atoms with Crippen molar-refractivity contribution in [2.24, 2.45) is 0 Å². The number of carbonyl (C=O) groups excluding carboxylic acids is 2. The normalized spacial score (nSPS) is 16.8. The molecule has 0 radical (unpaired) electrons. The summed E-state index contributed by atoms with van der Waals surface area (Å²) in [4.78, 5) is 34.6. The molecule has 2 aromatic heterocycles. The minimum absolute atomic E-state index is 0.0569. The van der Waals surface area contributed by atoms with Crippen molar-refractivity contribution in [2.45, 2.75) is 25.9 Å². The minimum Gasteiger partial charge on any atom is -0.335 e. The first-order chi connectivity index (χ1) is 15.5. The van der Waals surface area contributed by atoms with Gasteiger partial charge in [-0.05, 0) is 42.3 Å². The van der Waals surface area contributed by atoms with Crippen LogP contribution in [0, 0.1) is 0 Å². The van der Waals surface area contributed by atoms with Crippen molar-refractivity contribution in [3.8, 4) is 0 Å². The SMILES string of the molecule is CC[C@H]1C(=O)N(Cc2ccc3c(NO)ccnc3c2)CCN1C(=O)C=Cc1ccc(Cl)s1. The van der Waals surface area contributed by atoms with Crippen molar-refractivity contribution in [3.05, 3.63) is 63.4 Å². The van der Waals surface area contributed by atoms with Crippen LogP contribution in [-0.2, 0) is 16.1 Å². The van der Waals surface area contributed by atoms with Crippen LogP contribution in [0.25, 0.3) is 17.0 Å². The number of piperazine rings is 1. The summed E-state index contributed by atoms with van der Waals surface area (Å²) in [5, 5.41) is 10.1. The van der Waals surface area contributed by atoms with Gasteiger partial charge in [-0.15, -0.1) is 11.3 Å². The van der Waals surface area contributed by atoms with E-state index in [0.29, 0.717) is 36.1 Å². The first-order valence-corrected chi connectivity index (χ1v) is 11.5. The first-order valence-electron chi connectivity index (χ1n) is 10.3. The van der Waals surface area contributed by atoms with Crippen LogP contribution in [0.5, 0.6) is 0 Å².